The molecule has 2 aromatic carbocycles. The number of ether oxygens (including phenoxy) is 1. The van der Waals surface area contributed by atoms with Gasteiger partial charge < -0.3 is 19.4 Å². The number of thiazole rings is 1. The fourth-order valence-corrected chi connectivity index (χ4v) is 5.87. The molecule has 9 heteroatoms. The maximum absolute atomic E-state index is 13.6. The molecule has 0 spiro atoms. The van der Waals surface area contributed by atoms with E-state index < -0.39 is 6.09 Å². The number of furan rings is 1. The van der Waals surface area contributed by atoms with Crippen molar-refractivity contribution in [3.8, 4) is 16.2 Å². The number of hydrogen-bond acceptors (Lipinski definition) is 6. The van der Waals surface area contributed by atoms with Crippen molar-refractivity contribution in [2.75, 3.05) is 13.1 Å². The van der Waals surface area contributed by atoms with Crippen LogP contribution in [-0.2, 0) is 0 Å². The molecule has 1 aliphatic carbocycles. The monoisotopic (exact) mass is 491 g/mol. The standard InChI is InChI=1S/C26H22FN3O4S/c1-14-29-23(24(35-14)15-5-7-17(27)8-6-15)25(31)30-13-16-11-19(16)20(30)12-28-26(32)34-22-4-2-3-21-18(22)9-10-33-21/h2-10,16,19-20H,11-13H2,1H3,(H,28,32)/t16-,19-,20+/m0/s1. The predicted molar refractivity (Wildman–Crippen MR) is 129 cm³/mol. The average Bonchev–Trinajstić information content (AvgIpc) is 3.17. The molecular weight excluding hydrogens is 469 g/mol. The van der Waals surface area contributed by atoms with Gasteiger partial charge in [0.2, 0.25) is 0 Å². The Labute approximate surface area is 204 Å². The fraction of sp³-hybridized carbons (Fsp3) is 0.269. The zero-order valence-electron chi connectivity index (χ0n) is 18.9. The van der Waals surface area contributed by atoms with Crippen LogP contribution in [0.1, 0.15) is 21.9 Å². The van der Waals surface area contributed by atoms with Crippen LogP contribution >= 0.6 is 11.3 Å². The van der Waals surface area contributed by atoms with Crippen LogP contribution in [-0.4, -0.2) is 41.0 Å². The first kappa shape index (κ1) is 21.8. The van der Waals surface area contributed by atoms with Crippen molar-refractivity contribution in [2.24, 2.45) is 11.8 Å². The number of rotatable bonds is 5. The largest absolute Gasteiger partial charge is 0.464 e. The molecule has 2 fully saturated rings. The molecule has 178 valence electrons. The third-order valence-corrected chi connectivity index (χ3v) is 7.74. The lowest BCUT2D eigenvalue weighted by Crippen LogP contribution is -2.46. The molecule has 0 bridgehead atoms. The van der Waals surface area contributed by atoms with Gasteiger partial charge in [0.15, 0.2) is 0 Å². The van der Waals surface area contributed by atoms with Crippen molar-refractivity contribution in [1.82, 2.24) is 15.2 Å². The molecule has 1 N–H and O–H groups in total. The summed E-state index contributed by atoms with van der Waals surface area (Å²) in [5.41, 5.74) is 1.77. The molecule has 2 aromatic heterocycles. The van der Waals surface area contributed by atoms with E-state index in [-0.39, 0.29) is 17.8 Å². The topological polar surface area (TPSA) is 84.7 Å². The van der Waals surface area contributed by atoms with Gasteiger partial charge in [-0.3, -0.25) is 4.79 Å². The number of hydrogen-bond donors (Lipinski definition) is 1. The Bertz CT molecular complexity index is 1430. The minimum atomic E-state index is -0.577. The normalized spacial score (nSPS) is 20.6. The van der Waals surface area contributed by atoms with Crippen molar-refractivity contribution < 1.29 is 23.1 Å². The summed E-state index contributed by atoms with van der Waals surface area (Å²) in [4.78, 5) is 33.2. The van der Waals surface area contributed by atoms with E-state index in [4.69, 9.17) is 9.15 Å². The summed E-state index contributed by atoms with van der Waals surface area (Å²) in [6, 6.07) is 13.0. The summed E-state index contributed by atoms with van der Waals surface area (Å²) in [5, 5.41) is 4.32. The third-order valence-electron chi connectivity index (χ3n) is 6.72. The molecule has 7 nitrogen and oxygen atoms in total. The first-order valence-corrected chi connectivity index (χ1v) is 12.3. The zero-order chi connectivity index (χ0) is 24.1. The number of carbonyl (C=O) groups is 2. The van der Waals surface area contributed by atoms with Crippen LogP contribution in [0, 0.1) is 24.6 Å². The highest BCUT2D eigenvalue weighted by Gasteiger charge is 2.54. The smallest absolute Gasteiger partial charge is 0.412 e. The Kier molecular flexibility index (Phi) is 5.29. The molecule has 1 saturated heterocycles. The van der Waals surface area contributed by atoms with E-state index in [1.807, 2.05) is 11.8 Å². The van der Waals surface area contributed by atoms with Gasteiger partial charge in [-0.05, 0) is 61.1 Å². The highest BCUT2D eigenvalue weighted by Crippen LogP contribution is 2.50. The summed E-state index contributed by atoms with van der Waals surface area (Å²) < 4.78 is 24.3. The molecular formula is C26H22FN3O4S. The van der Waals surface area contributed by atoms with Gasteiger partial charge in [-0.2, -0.15) is 0 Å². The van der Waals surface area contributed by atoms with Crippen LogP contribution in [0.2, 0.25) is 0 Å². The number of piperidine rings is 1. The van der Waals surface area contributed by atoms with Crippen molar-refractivity contribution in [2.45, 2.75) is 19.4 Å². The van der Waals surface area contributed by atoms with Crippen LogP contribution < -0.4 is 10.1 Å². The summed E-state index contributed by atoms with van der Waals surface area (Å²) in [5.74, 6) is 0.717. The van der Waals surface area contributed by atoms with Gasteiger partial charge in [0.25, 0.3) is 5.91 Å². The summed E-state index contributed by atoms with van der Waals surface area (Å²) in [6.45, 7) is 2.78. The van der Waals surface area contributed by atoms with Crippen molar-refractivity contribution >= 4 is 34.3 Å². The van der Waals surface area contributed by atoms with E-state index in [2.05, 4.69) is 10.3 Å². The van der Waals surface area contributed by atoms with Gasteiger partial charge in [0.1, 0.15) is 22.8 Å². The second kappa shape index (κ2) is 8.49. The second-order valence-corrected chi connectivity index (χ2v) is 10.2. The number of nitrogens with one attached hydrogen (secondary N) is 1. The van der Waals surface area contributed by atoms with Crippen LogP contribution in [0.3, 0.4) is 0 Å². The van der Waals surface area contributed by atoms with E-state index in [0.717, 1.165) is 27.3 Å². The van der Waals surface area contributed by atoms with Crippen LogP contribution in [0.25, 0.3) is 21.4 Å². The molecule has 3 heterocycles. The number of fused-ring (bicyclic) bond motifs is 2. The lowest BCUT2D eigenvalue weighted by atomic mass is 10.1. The van der Waals surface area contributed by atoms with Crippen LogP contribution in [0.4, 0.5) is 9.18 Å². The third kappa shape index (κ3) is 4.05. The lowest BCUT2D eigenvalue weighted by Gasteiger charge is -2.27. The maximum Gasteiger partial charge on any atom is 0.412 e. The van der Waals surface area contributed by atoms with E-state index in [1.165, 1.54) is 23.5 Å². The van der Waals surface area contributed by atoms with Crippen LogP contribution in [0.5, 0.6) is 5.75 Å². The van der Waals surface area contributed by atoms with Crippen molar-refractivity contribution in [3.05, 3.63) is 71.3 Å². The lowest BCUT2D eigenvalue weighted by molar-refractivity contribution is 0.0700. The minimum Gasteiger partial charge on any atom is -0.464 e. The van der Waals surface area contributed by atoms with Gasteiger partial charge in [-0.25, -0.2) is 14.2 Å². The quantitative estimate of drug-likeness (QED) is 0.412. The maximum atomic E-state index is 13.6. The number of benzene rings is 2. The zero-order valence-corrected chi connectivity index (χ0v) is 19.7. The van der Waals surface area contributed by atoms with Crippen molar-refractivity contribution in [1.29, 1.82) is 0 Å². The first-order valence-electron chi connectivity index (χ1n) is 11.4. The Hall–Kier alpha value is -3.72. The number of aromatic nitrogens is 1. The molecule has 6 rings (SSSR count). The molecule has 1 saturated carbocycles. The van der Waals surface area contributed by atoms with Gasteiger partial charge in [0.05, 0.1) is 27.6 Å². The Morgan fingerprint density at radius 3 is 2.89 bits per heavy atom. The number of amides is 2. The number of carbonyl (C=O) groups excluding carboxylic acids is 2. The molecule has 4 aromatic rings. The number of likely N-dealkylation sites (tertiary alicyclic amines) is 1. The summed E-state index contributed by atoms with van der Waals surface area (Å²) >= 11 is 1.42. The van der Waals surface area contributed by atoms with Crippen molar-refractivity contribution in [3.63, 3.8) is 0 Å². The van der Waals surface area contributed by atoms with E-state index in [9.17, 15) is 14.0 Å². The number of halogens is 1. The summed E-state index contributed by atoms with van der Waals surface area (Å²) in [7, 11) is 0. The first-order chi connectivity index (χ1) is 17.0. The Morgan fingerprint density at radius 2 is 2.06 bits per heavy atom. The SMILES string of the molecule is Cc1nc(C(=O)N2C[C@@H]3C[C@@H]3[C@H]2CNC(=O)Oc2cccc3occc23)c(-c2ccc(F)cc2)s1. The molecule has 0 radical (unpaired) electrons. The van der Waals surface area contributed by atoms with E-state index >= 15 is 0 Å². The fourth-order valence-electron chi connectivity index (χ4n) is 4.95. The number of nitrogens with zero attached hydrogens (tertiary/aromatic N) is 2. The van der Waals surface area contributed by atoms with Gasteiger partial charge >= 0.3 is 6.09 Å². The molecule has 2 amide bonds. The molecule has 0 unspecified atom stereocenters. The molecule has 3 atom stereocenters. The minimum absolute atomic E-state index is 0.132. The molecule has 1 aliphatic heterocycles. The van der Waals surface area contributed by atoms with E-state index in [1.54, 1.807) is 42.7 Å². The van der Waals surface area contributed by atoms with Gasteiger partial charge in [-0.15, -0.1) is 11.3 Å². The molecule has 35 heavy (non-hydrogen) atoms. The second-order valence-electron chi connectivity index (χ2n) is 8.96. The Balaban J connectivity index is 1.17. The predicted octanol–water partition coefficient (Wildman–Crippen LogP) is 5.25. The van der Waals surface area contributed by atoms with E-state index in [0.29, 0.717) is 42.0 Å². The average molecular weight is 492 g/mol. The highest BCUT2D eigenvalue weighted by atomic mass is 32.1. The Morgan fingerprint density at radius 1 is 1.23 bits per heavy atom. The van der Waals surface area contributed by atoms with Crippen LogP contribution in [0.15, 0.2) is 59.2 Å². The summed E-state index contributed by atoms with van der Waals surface area (Å²) in [6.07, 6.45) is 2.01. The highest BCUT2D eigenvalue weighted by molar-refractivity contribution is 7.15. The molecule has 2 aliphatic rings. The van der Waals surface area contributed by atoms with Gasteiger partial charge in [-0.1, -0.05) is 18.2 Å². The van der Waals surface area contributed by atoms with Gasteiger partial charge in [0, 0.05) is 13.1 Å². The number of aryl methyl sites for hydroxylation is 1.